The average Bonchev–Trinajstić information content (AvgIpc) is 3.26. The third-order valence-corrected chi connectivity index (χ3v) is 4.18. The van der Waals surface area contributed by atoms with Crippen LogP contribution in [0.25, 0.3) is 0 Å². The van der Waals surface area contributed by atoms with E-state index in [0.717, 1.165) is 5.76 Å². The monoisotopic (exact) mass is 334 g/mol. The van der Waals surface area contributed by atoms with Crippen molar-refractivity contribution in [2.45, 2.75) is 25.6 Å². The molecule has 1 fully saturated rings. The Hall–Kier alpha value is -2.26. The lowest BCUT2D eigenvalue weighted by Gasteiger charge is -2.24. The minimum Gasteiger partial charge on any atom is -0.443 e. The fourth-order valence-electron chi connectivity index (χ4n) is 2.92. The fourth-order valence-corrected chi connectivity index (χ4v) is 2.92. The Morgan fingerprint density at radius 3 is 2.92 bits per heavy atom. The number of rotatable bonds is 6. The van der Waals surface area contributed by atoms with Gasteiger partial charge in [0.15, 0.2) is 0 Å². The minimum atomic E-state index is -0.0484. The molecule has 0 saturated carbocycles. The van der Waals surface area contributed by atoms with E-state index in [-0.39, 0.29) is 31.2 Å². The first-order chi connectivity index (χ1) is 11.5. The van der Waals surface area contributed by atoms with Crippen molar-refractivity contribution in [2.75, 3.05) is 33.8 Å². The van der Waals surface area contributed by atoms with Crippen molar-refractivity contribution in [3.05, 3.63) is 30.2 Å². The number of ether oxygens (including phenoxy) is 1. The molecule has 9 heteroatoms. The molecule has 2 aromatic rings. The quantitative estimate of drug-likeness (QED) is 0.740. The number of carbonyl (C=O) groups excluding carboxylic acids is 1. The third kappa shape index (κ3) is 3.62. The molecule has 130 valence electrons. The molecule has 0 aromatic carbocycles. The normalized spacial score (nSPS) is 20.9. The standard InChI is InChI=1S/C15H22N6O3/c1-11-6-16-14(24-11)9-23-10-15(22)20-7-12(19(2)3)13(8-20)21-5-4-17-18-21/h4-6,12-13H,7-10H2,1-3H3/t12-,13+/m1/s1. The van der Waals surface area contributed by atoms with Gasteiger partial charge in [0.2, 0.25) is 11.8 Å². The van der Waals surface area contributed by atoms with E-state index in [1.54, 1.807) is 17.3 Å². The molecule has 2 atom stereocenters. The molecule has 0 unspecified atom stereocenters. The summed E-state index contributed by atoms with van der Waals surface area (Å²) in [6, 6.07) is 0.269. The maximum absolute atomic E-state index is 12.4. The van der Waals surface area contributed by atoms with E-state index < -0.39 is 0 Å². The summed E-state index contributed by atoms with van der Waals surface area (Å²) in [6.45, 7) is 3.24. The van der Waals surface area contributed by atoms with Gasteiger partial charge in [0.05, 0.1) is 24.5 Å². The van der Waals surface area contributed by atoms with Gasteiger partial charge in [0, 0.05) is 19.3 Å². The van der Waals surface area contributed by atoms with Crippen molar-refractivity contribution in [3.63, 3.8) is 0 Å². The van der Waals surface area contributed by atoms with Gasteiger partial charge in [-0.15, -0.1) is 5.10 Å². The van der Waals surface area contributed by atoms with E-state index in [0.29, 0.717) is 19.0 Å². The number of hydrogen-bond donors (Lipinski definition) is 0. The Balaban J connectivity index is 1.55. The van der Waals surface area contributed by atoms with Crippen LogP contribution in [0.5, 0.6) is 0 Å². The lowest BCUT2D eigenvalue weighted by atomic mass is 10.1. The van der Waals surface area contributed by atoms with Crippen LogP contribution >= 0.6 is 0 Å². The molecule has 0 radical (unpaired) electrons. The van der Waals surface area contributed by atoms with Crippen LogP contribution < -0.4 is 0 Å². The first-order valence-corrected chi connectivity index (χ1v) is 7.83. The van der Waals surface area contributed by atoms with Gasteiger partial charge in [-0.05, 0) is 21.0 Å². The van der Waals surface area contributed by atoms with E-state index in [4.69, 9.17) is 9.15 Å². The number of likely N-dealkylation sites (N-methyl/N-ethyl adjacent to an activating group) is 1. The van der Waals surface area contributed by atoms with Gasteiger partial charge in [-0.2, -0.15) is 0 Å². The number of amides is 1. The van der Waals surface area contributed by atoms with Crippen molar-refractivity contribution in [1.29, 1.82) is 0 Å². The molecule has 2 aromatic heterocycles. The van der Waals surface area contributed by atoms with E-state index in [1.807, 2.05) is 31.9 Å². The van der Waals surface area contributed by atoms with E-state index in [9.17, 15) is 4.79 Å². The SMILES string of the molecule is Cc1cnc(COCC(=O)N2C[C@@H](N(C)C)[C@@H](n3ccnn3)C2)o1. The van der Waals surface area contributed by atoms with E-state index in [2.05, 4.69) is 20.2 Å². The molecule has 0 bridgehead atoms. The van der Waals surface area contributed by atoms with Crippen molar-refractivity contribution >= 4 is 5.91 Å². The second-order valence-corrected chi connectivity index (χ2v) is 6.14. The topological polar surface area (TPSA) is 89.5 Å². The largest absolute Gasteiger partial charge is 0.443 e. The third-order valence-electron chi connectivity index (χ3n) is 4.18. The molecule has 1 aliphatic heterocycles. The Morgan fingerprint density at radius 2 is 2.29 bits per heavy atom. The summed E-state index contributed by atoms with van der Waals surface area (Å²) >= 11 is 0. The summed E-state index contributed by atoms with van der Waals surface area (Å²) in [5.41, 5.74) is 0. The highest BCUT2D eigenvalue weighted by molar-refractivity contribution is 5.77. The summed E-state index contributed by atoms with van der Waals surface area (Å²) < 4.78 is 12.6. The van der Waals surface area contributed by atoms with E-state index in [1.165, 1.54) is 0 Å². The molecule has 3 rings (SSSR count). The molecule has 9 nitrogen and oxygen atoms in total. The van der Waals surface area contributed by atoms with Crippen LogP contribution in [0, 0.1) is 6.92 Å². The molecule has 0 aliphatic carbocycles. The van der Waals surface area contributed by atoms with Crippen molar-refractivity contribution < 1.29 is 13.9 Å². The van der Waals surface area contributed by atoms with Gasteiger partial charge in [-0.25, -0.2) is 9.67 Å². The Bertz CT molecular complexity index is 669. The molecule has 0 spiro atoms. The average molecular weight is 334 g/mol. The van der Waals surface area contributed by atoms with Gasteiger partial charge in [-0.1, -0.05) is 5.21 Å². The zero-order valence-electron chi connectivity index (χ0n) is 14.1. The maximum Gasteiger partial charge on any atom is 0.248 e. The lowest BCUT2D eigenvalue weighted by Crippen LogP contribution is -2.37. The molecule has 24 heavy (non-hydrogen) atoms. The lowest BCUT2D eigenvalue weighted by molar-refractivity contribution is -0.136. The molecule has 0 N–H and O–H groups in total. The Morgan fingerprint density at radius 1 is 1.46 bits per heavy atom. The summed E-state index contributed by atoms with van der Waals surface area (Å²) in [6.07, 6.45) is 5.11. The Labute approximate surface area is 140 Å². The maximum atomic E-state index is 12.4. The van der Waals surface area contributed by atoms with Gasteiger partial charge < -0.3 is 19.0 Å². The first kappa shape index (κ1) is 16.6. The van der Waals surface area contributed by atoms with Gasteiger partial charge in [0.1, 0.15) is 19.0 Å². The predicted octanol–water partition coefficient (Wildman–Crippen LogP) is 0.105. The molecular formula is C15H22N6O3. The van der Waals surface area contributed by atoms with Crippen LogP contribution in [0.2, 0.25) is 0 Å². The summed E-state index contributed by atoms with van der Waals surface area (Å²) in [5, 5.41) is 7.94. The highest BCUT2D eigenvalue weighted by atomic mass is 16.5. The smallest absolute Gasteiger partial charge is 0.248 e. The van der Waals surface area contributed by atoms with Gasteiger partial charge >= 0.3 is 0 Å². The number of carbonyl (C=O) groups is 1. The van der Waals surface area contributed by atoms with Crippen LogP contribution in [-0.2, 0) is 16.1 Å². The number of aryl methyl sites for hydroxylation is 1. The highest BCUT2D eigenvalue weighted by Crippen LogP contribution is 2.24. The first-order valence-electron chi connectivity index (χ1n) is 7.83. The van der Waals surface area contributed by atoms with Crippen LogP contribution in [-0.4, -0.2) is 75.5 Å². The number of likely N-dealkylation sites (tertiary alicyclic amines) is 1. The molecular weight excluding hydrogens is 312 g/mol. The van der Waals surface area contributed by atoms with Crippen LogP contribution in [0.1, 0.15) is 17.7 Å². The van der Waals surface area contributed by atoms with Gasteiger partial charge in [0.25, 0.3) is 0 Å². The number of oxazole rings is 1. The molecule has 1 aliphatic rings. The summed E-state index contributed by atoms with van der Waals surface area (Å²) in [4.78, 5) is 20.4. The predicted molar refractivity (Wildman–Crippen MR) is 84.0 cm³/mol. The second kappa shape index (κ2) is 7.10. The Kier molecular flexibility index (Phi) is 4.91. The highest BCUT2D eigenvalue weighted by Gasteiger charge is 2.38. The number of hydrogen-bond acceptors (Lipinski definition) is 7. The van der Waals surface area contributed by atoms with Crippen molar-refractivity contribution in [3.8, 4) is 0 Å². The second-order valence-electron chi connectivity index (χ2n) is 6.14. The van der Waals surface area contributed by atoms with Crippen LogP contribution in [0.15, 0.2) is 23.0 Å². The number of nitrogens with zero attached hydrogens (tertiary/aromatic N) is 6. The summed E-state index contributed by atoms with van der Waals surface area (Å²) in [5.74, 6) is 1.16. The van der Waals surface area contributed by atoms with Crippen molar-refractivity contribution in [1.82, 2.24) is 29.8 Å². The molecule has 1 saturated heterocycles. The minimum absolute atomic E-state index is 0.00561. The number of aromatic nitrogens is 4. The fraction of sp³-hybridized carbons (Fsp3) is 0.600. The molecule has 3 heterocycles. The zero-order chi connectivity index (χ0) is 17.1. The van der Waals surface area contributed by atoms with Crippen LogP contribution in [0.3, 0.4) is 0 Å². The van der Waals surface area contributed by atoms with Crippen molar-refractivity contribution in [2.24, 2.45) is 0 Å². The van der Waals surface area contributed by atoms with Crippen LogP contribution in [0.4, 0.5) is 0 Å². The van der Waals surface area contributed by atoms with Gasteiger partial charge in [-0.3, -0.25) is 4.79 Å². The molecule has 1 amide bonds. The zero-order valence-corrected chi connectivity index (χ0v) is 14.1. The summed E-state index contributed by atoms with van der Waals surface area (Å²) in [7, 11) is 4.01. The van der Waals surface area contributed by atoms with E-state index >= 15 is 0 Å².